The van der Waals surface area contributed by atoms with E-state index in [1.807, 2.05) is 19.1 Å². The van der Waals surface area contributed by atoms with E-state index in [0.29, 0.717) is 45.3 Å². The van der Waals surface area contributed by atoms with E-state index in [0.717, 1.165) is 16.7 Å². The van der Waals surface area contributed by atoms with E-state index < -0.39 is 0 Å². The van der Waals surface area contributed by atoms with Crippen LogP contribution in [0.2, 0.25) is 9.36 Å². The molecule has 0 fully saturated rings. The first-order valence-electron chi connectivity index (χ1n) is 9.62. The summed E-state index contributed by atoms with van der Waals surface area (Å²) in [7, 11) is 0. The third-order valence-electron chi connectivity index (χ3n) is 4.96. The van der Waals surface area contributed by atoms with Gasteiger partial charge in [0.1, 0.15) is 4.34 Å². The first-order valence-corrected chi connectivity index (χ1v) is 11.2. The number of carbonyl (C=O) groups excluding carboxylic acids is 1. The Labute approximate surface area is 194 Å². The number of nitrogens with one attached hydrogen (secondary N) is 1. The van der Waals surface area contributed by atoms with Gasteiger partial charge in [-0.3, -0.25) is 9.59 Å². The van der Waals surface area contributed by atoms with Gasteiger partial charge in [-0.1, -0.05) is 40.6 Å². The number of amides is 1. The number of aromatic nitrogens is 2. The number of halogens is 2. The Kier molecular flexibility index (Phi) is 7.72. The molecule has 0 aliphatic rings. The summed E-state index contributed by atoms with van der Waals surface area (Å²) in [5.41, 5.74) is 14.8. The molecule has 31 heavy (non-hydrogen) atoms. The molecule has 0 spiro atoms. The zero-order chi connectivity index (χ0) is 22.5. The summed E-state index contributed by atoms with van der Waals surface area (Å²) in [6.07, 6.45) is 2.16. The van der Waals surface area contributed by atoms with Crippen molar-refractivity contribution in [2.75, 3.05) is 5.73 Å². The Morgan fingerprint density at radius 3 is 2.71 bits per heavy atom. The molecule has 5 N–H and O–H groups in total. The molecule has 7 nitrogen and oxygen atoms in total. The van der Waals surface area contributed by atoms with Crippen LogP contribution < -0.4 is 22.3 Å². The molecule has 2 aromatic heterocycles. The molecule has 1 amide bonds. The van der Waals surface area contributed by atoms with E-state index in [1.165, 1.54) is 11.3 Å². The van der Waals surface area contributed by atoms with Crippen molar-refractivity contribution in [3.8, 4) is 0 Å². The number of aryl methyl sites for hydroxylation is 3. The van der Waals surface area contributed by atoms with Gasteiger partial charge in [0.15, 0.2) is 5.13 Å². The largest absolute Gasteiger partial charge is 0.375 e. The first kappa shape index (κ1) is 23.3. The van der Waals surface area contributed by atoms with Crippen LogP contribution in [0.3, 0.4) is 0 Å². The maximum atomic E-state index is 12.9. The van der Waals surface area contributed by atoms with Crippen molar-refractivity contribution in [1.82, 2.24) is 14.9 Å². The molecule has 164 valence electrons. The molecule has 1 aromatic carbocycles. The summed E-state index contributed by atoms with van der Waals surface area (Å²) in [5, 5.41) is 3.82. The van der Waals surface area contributed by atoms with Crippen LogP contribution >= 0.6 is 34.5 Å². The number of anilines is 1. The molecular weight excluding hydrogens is 457 g/mol. The molecule has 2 heterocycles. The highest BCUT2D eigenvalue weighted by Gasteiger charge is 2.14. The van der Waals surface area contributed by atoms with Gasteiger partial charge < -0.3 is 21.4 Å². The number of hydrogen-bond donors (Lipinski definition) is 3. The van der Waals surface area contributed by atoms with E-state index in [4.69, 9.17) is 34.7 Å². The first-order chi connectivity index (χ1) is 14.8. The predicted molar refractivity (Wildman–Crippen MR) is 126 cm³/mol. The number of hydrogen-bond acceptors (Lipinski definition) is 6. The van der Waals surface area contributed by atoms with Crippen molar-refractivity contribution >= 4 is 45.6 Å². The van der Waals surface area contributed by atoms with E-state index in [9.17, 15) is 9.59 Å². The molecule has 0 saturated carbocycles. The number of pyridine rings is 1. The predicted octanol–water partition coefficient (Wildman–Crippen LogP) is 3.06. The van der Waals surface area contributed by atoms with Gasteiger partial charge in [0.25, 0.3) is 5.56 Å². The minimum Gasteiger partial charge on any atom is -0.375 e. The molecule has 0 bridgehead atoms. The van der Waals surface area contributed by atoms with Gasteiger partial charge in [-0.25, -0.2) is 4.98 Å². The molecule has 10 heteroatoms. The molecule has 3 rings (SSSR count). The lowest BCUT2D eigenvalue weighted by Gasteiger charge is -2.12. The molecular formula is C21H23Cl2N5O2S. The highest BCUT2D eigenvalue weighted by atomic mass is 35.5. The van der Waals surface area contributed by atoms with Crippen molar-refractivity contribution in [1.29, 1.82) is 0 Å². The third-order valence-corrected chi connectivity index (χ3v) is 6.36. The average molecular weight is 480 g/mol. The van der Waals surface area contributed by atoms with Crippen LogP contribution in [0.25, 0.3) is 0 Å². The number of nitrogens with two attached hydrogens (primary N) is 2. The Hall–Kier alpha value is -2.39. The minimum atomic E-state index is -0.254. The van der Waals surface area contributed by atoms with E-state index in [2.05, 4.69) is 10.3 Å². The van der Waals surface area contributed by atoms with Gasteiger partial charge in [-0.05, 0) is 41.8 Å². The normalized spacial score (nSPS) is 11.0. The summed E-state index contributed by atoms with van der Waals surface area (Å²) >= 11 is 13.4. The minimum absolute atomic E-state index is 0.0194. The van der Waals surface area contributed by atoms with Crippen molar-refractivity contribution in [3.05, 3.63) is 78.1 Å². The fourth-order valence-corrected chi connectivity index (χ4v) is 4.38. The van der Waals surface area contributed by atoms with E-state index in [-0.39, 0.29) is 24.4 Å². The second-order valence-electron chi connectivity index (χ2n) is 7.07. The lowest BCUT2D eigenvalue weighted by molar-refractivity contribution is -0.120. The Balaban J connectivity index is 1.69. The van der Waals surface area contributed by atoms with Gasteiger partial charge >= 0.3 is 0 Å². The topological polar surface area (TPSA) is 116 Å². The molecule has 0 aliphatic heterocycles. The standard InChI is InChI=1S/C21H23Cl2N5O2S/c1-12-4-6-28(7-5-17-19(23)31-21(25)27-17)20(30)16(12)9-18(29)26-11-14-8-15(22)3-2-13(14)10-24/h2-4,6,8H,5,7,9-11,24H2,1H3,(H2,25,27)(H,26,29). The van der Waals surface area contributed by atoms with Crippen LogP contribution in [-0.2, 0) is 37.3 Å². The quantitative estimate of drug-likeness (QED) is 0.458. The van der Waals surface area contributed by atoms with Crippen molar-refractivity contribution in [3.63, 3.8) is 0 Å². The van der Waals surface area contributed by atoms with Crippen LogP contribution in [0.5, 0.6) is 0 Å². The van der Waals surface area contributed by atoms with Gasteiger partial charge in [0, 0.05) is 42.8 Å². The Morgan fingerprint density at radius 2 is 2.03 bits per heavy atom. The fourth-order valence-electron chi connectivity index (χ4n) is 3.21. The zero-order valence-electron chi connectivity index (χ0n) is 17.0. The Morgan fingerprint density at radius 1 is 1.26 bits per heavy atom. The zero-order valence-corrected chi connectivity index (χ0v) is 19.3. The maximum Gasteiger partial charge on any atom is 0.254 e. The second-order valence-corrected chi connectivity index (χ2v) is 9.14. The number of nitrogen functional groups attached to an aromatic ring is 1. The molecule has 0 radical (unpaired) electrons. The van der Waals surface area contributed by atoms with Crippen LogP contribution in [0.1, 0.15) is 27.9 Å². The van der Waals surface area contributed by atoms with Crippen LogP contribution in [0.4, 0.5) is 5.13 Å². The van der Waals surface area contributed by atoms with Crippen LogP contribution in [-0.4, -0.2) is 15.5 Å². The summed E-state index contributed by atoms with van der Waals surface area (Å²) in [6.45, 7) is 2.84. The summed E-state index contributed by atoms with van der Waals surface area (Å²) in [5.74, 6) is -0.254. The monoisotopic (exact) mass is 479 g/mol. The lowest BCUT2D eigenvalue weighted by atomic mass is 10.1. The number of nitrogens with zero attached hydrogens (tertiary/aromatic N) is 2. The highest BCUT2D eigenvalue weighted by Crippen LogP contribution is 2.26. The van der Waals surface area contributed by atoms with Gasteiger partial charge in [0.05, 0.1) is 12.1 Å². The SMILES string of the molecule is Cc1ccn(CCc2nc(N)sc2Cl)c(=O)c1CC(=O)NCc1cc(Cl)ccc1CN. The van der Waals surface area contributed by atoms with Crippen molar-refractivity contribution in [2.24, 2.45) is 5.73 Å². The highest BCUT2D eigenvalue weighted by molar-refractivity contribution is 7.19. The number of rotatable bonds is 8. The summed E-state index contributed by atoms with van der Waals surface area (Å²) < 4.78 is 2.08. The smallest absolute Gasteiger partial charge is 0.254 e. The fraction of sp³-hybridized carbons (Fsp3) is 0.286. The summed E-state index contributed by atoms with van der Waals surface area (Å²) in [6, 6.07) is 7.20. The maximum absolute atomic E-state index is 12.9. The lowest BCUT2D eigenvalue weighted by Crippen LogP contribution is -2.31. The van der Waals surface area contributed by atoms with Gasteiger partial charge in [-0.2, -0.15) is 0 Å². The van der Waals surface area contributed by atoms with Gasteiger partial charge in [-0.15, -0.1) is 0 Å². The number of benzene rings is 1. The molecule has 0 unspecified atom stereocenters. The van der Waals surface area contributed by atoms with Crippen molar-refractivity contribution in [2.45, 2.75) is 39.4 Å². The molecule has 3 aromatic rings. The van der Waals surface area contributed by atoms with Crippen LogP contribution in [0.15, 0.2) is 35.3 Å². The molecule has 0 atom stereocenters. The van der Waals surface area contributed by atoms with Crippen LogP contribution in [0, 0.1) is 6.92 Å². The summed E-state index contributed by atoms with van der Waals surface area (Å²) in [4.78, 5) is 29.7. The molecule has 0 aliphatic carbocycles. The number of carbonyl (C=O) groups is 1. The molecule has 0 saturated heterocycles. The van der Waals surface area contributed by atoms with Gasteiger partial charge in [0.2, 0.25) is 5.91 Å². The van der Waals surface area contributed by atoms with Crippen molar-refractivity contribution < 1.29 is 4.79 Å². The second kappa shape index (κ2) is 10.3. The third kappa shape index (κ3) is 5.86. The number of thiazole rings is 1. The van der Waals surface area contributed by atoms with E-state index >= 15 is 0 Å². The van der Waals surface area contributed by atoms with E-state index in [1.54, 1.807) is 22.9 Å². The average Bonchev–Trinajstić information content (AvgIpc) is 3.06. The Bertz CT molecular complexity index is 1160.